The van der Waals surface area contributed by atoms with Crippen molar-refractivity contribution in [3.8, 4) is 17.5 Å². The molecule has 1 fully saturated rings. The summed E-state index contributed by atoms with van der Waals surface area (Å²) < 4.78 is 5.44. The Labute approximate surface area is 180 Å². The Hall–Kier alpha value is -3.54. The highest BCUT2D eigenvalue weighted by atomic mass is 16.5. The Morgan fingerprint density at radius 1 is 1.13 bits per heavy atom. The molecule has 4 rings (SSSR count). The molecule has 8 heteroatoms. The molecule has 1 aliphatic heterocycles. The number of hydrogen-bond acceptors (Lipinski definition) is 7. The van der Waals surface area contributed by atoms with Gasteiger partial charge in [0.15, 0.2) is 0 Å². The van der Waals surface area contributed by atoms with Crippen molar-refractivity contribution < 1.29 is 9.32 Å². The second-order valence-electron chi connectivity index (χ2n) is 7.73. The Morgan fingerprint density at radius 3 is 2.42 bits per heavy atom. The zero-order valence-electron chi connectivity index (χ0n) is 17.4. The van der Waals surface area contributed by atoms with Crippen molar-refractivity contribution in [1.82, 2.24) is 19.9 Å². The van der Waals surface area contributed by atoms with Crippen LogP contribution in [0.15, 0.2) is 53.1 Å². The van der Waals surface area contributed by atoms with Crippen LogP contribution in [0.5, 0.6) is 0 Å². The van der Waals surface area contributed by atoms with Crippen molar-refractivity contribution in [3.05, 3.63) is 71.1 Å². The van der Waals surface area contributed by atoms with Gasteiger partial charge in [-0.3, -0.25) is 14.6 Å². The van der Waals surface area contributed by atoms with Gasteiger partial charge >= 0.3 is 0 Å². The van der Waals surface area contributed by atoms with Crippen LogP contribution in [0.1, 0.15) is 28.6 Å². The van der Waals surface area contributed by atoms with E-state index in [2.05, 4.69) is 26.0 Å². The van der Waals surface area contributed by atoms with E-state index in [9.17, 15) is 4.79 Å². The average Bonchev–Trinajstić information content (AvgIpc) is 3.24. The monoisotopic (exact) mass is 416 g/mol. The fraction of sp³-hybridized carbons (Fsp3) is 0.304. The molecule has 2 aromatic carbocycles. The van der Waals surface area contributed by atoms with E-state index in [0.29, 0.717) is 36.9 Å². The van der Waals surface area contributed by atoms with E-state index in [1.54, 1.807) is 24.3 Å². The molecule has 1 amide bonds. The summed E-state index contributed by atoms with van der Waals surface area (Å²) in [6.07, 6.45) is 0. The number of aromatic nitrogens is 2. The molecular formula is C23H24N6O2. The van der Waals surface area contributed by atoms with E-state index >= 15 is 0 Å². The largest absolute Gasteiger partial charge is 0.368 e. The summed E-state index contributed by atoms with van der Waals surface area (Å²) >= 11 is 0. The van der Waals surface area contributed by atoms with Crippen molar-refractivity contribution in [2.45, 2.75) is 19.5 Å². The fourth-order valence-corrected chi connectivity index (χ4v) is 3.80. The van der Waals surface area contributed by atoms with Crippen LogP contribution in [0, 0.1) is 18.3 Å². The van der Waals surface area contributed by atoms with E-state index in [1.165, 1.54) is 5.56 Å². The number of nitrogens with zero attached hydrogens (tertiary/aromatic N) is 5. The Balaban J connectivity index is 1.37. The van der Waals surface area contributed by atoms with Crippen molar-refractivity contribution >= 4 is 5.91 Å². The molecule has 0 spiro atoms. The Morgan fingerprint density at radius 2 is 1.81 bits per heavy atom. The summed E-state index contributed by atoms with van der Waals surface area (Å²) in [4.78, 5) is 21.0. The lowest BCUT2D eigenvalue weighted by molar-refractivity contribution is -0.124. The molecule has 1 aliphatic rings. The smallest absolute Gasteiger partial charge is 0.241 e. The van der Waals surface area contributed by atoms with Gasteiger partial charge < -0.3 is 10.3 Å². The number of aryl methyl sites for hydroxylation is 1. The minimum atomic E-state index is -0.508. The number of carbonyl (C=O) groups excluding carboxylic acids is 1. The number of carbonyl (C=O) groups is 1. The predicted molar refractivity (Wildman–Crippen MR) is 114 cm³/mol. The van der Waals surface area contributed by atoms with Crippen LogP contribution < -0.4 is 5.73 Å². The highest BCUT2D eigenvalue weighted by Crippen LogP contribution is 2.23. The molecule has 31 heavy (non-hydrogen) atoms. The zero-order chi connectivity index (χ0) is 21.8. The highest BCUT2D eigenvalue weighted by molar-refractivity contribution is 5.81. The maximum absolute atomic E-state index is 12.2. The minimum absolute atomic E-state index is 0.391. The molecule has 0 saturated carbocycles. The molecule has 0 radical (unpaired) electrons. The van der Waals surface area contributed by atoms with Crippen LogP contribution >= 0.6 is 0 Å². The van der Waals surface area contributed by atoms with Gasteiger partial charge in [0.2, 0.25) is 17.6 Å². The van der Waals surface area contributed by atoms with Crippen LogP contribution in [0.4, 0.5) is 0 Å². The van der Waals surface area contributed by atoms with Gasteiger partial charge in [-0.15, -0.1) is 0 Å². The molecule has 2 heterocycles. The first kappa shape index (κ1) is 20.7. The maximum Gasteiger partial charge on any atom is 0.241 e. The number of benzene rings is 2. The van der Waals surface area contributed by atoms with Crippen LogP contribution in [-0.2, 0) is 11.3 Å². The summed E-state index contributed by atoms with van der Waals surface area (Å²) in [5.74, 6) is 0.767. The van der Waals surface area contributed by atoms with Crippen molar-refractivity contribution in [1.29, 1.82) is 5.26 Å². The van der Waals surface area contributed by atoms with Crippen molar-refractivity contribution in [2.24, 2.45) is 5.73 Å². The van der Waals surface area contributed by atoms with Crippen LogP contribution in [0.3, 0.4) is 0 Å². The van der Waals surface area contributed by atoms with E-state index < -0.39 is 11.9 Å². The number of rotatable bonds is 6. The molecule has 0 bridgehead atoms. The van der Waals surface area contributed by atoms with Gasteiger partial charge in [0.25, 0.3) is 0 Å². The normalized spacial score (nSPS) is 16.0. The molecule has 158 valence electrons. The summed E-state index contributed by atoms with van der Waals surface area (Å²) in [5, 5.41) is 13.1. The number of amides is 1. The number of nitrogens with two attached hydrogens (primary N) is 1. The predicted octanol–water partition coefficient (Wildman–Crippen LogP) is 2.26. The molecule has 1 saturated heterocycles. The van der Waals surface area contributed by atoms with Crippen molar-refractivity contribution in [2.75, 3.05) is 26.2 Å². The zero-order valence-corrected chi connectivity index (χ0v) is 17.4. The van der Waals surface area contributed by atoms with Gasteiger partial charge in [0.05, 0.1) is 18.2 Å². The van der Waals surface area contributed by atoms with E-state index in [0.717, 1.165) is 24.2 Å². The SMILES string of the molecule is Cc1ccc(-c2noc(CN3CCN(C(C(N)=O)c4ccc(C#N)cc4)CC3)n2)cc1. The Bertz CT molecular complexity index is 1080. The third-order valence-electron chi connectivity index (χ3n) is 5.53. The summed E-state index contributed by atoms with van der Waals surface area (Å²) in [6, 6.07) is 16.6. The van der Waals surface area contributed by atoms with Crippen molar-refractivity contribution in [3.63, 3.8) is 0 Å². The summed E-state index contributed by atoms with van der Waals surface area (Å²) in [6.45, 7) is 5.48. The van der Waals surface area contributed by atoms with Gasteiger partial charge in [-0.25, -0.2) is 0 Å². The lowest BCUT2D eigenvalue weighted by atomic mass is 10.0. The number of hydrogen-bond donors (Lipinski definition) is 1. The highest BCUT2D eigenvalue weighted by Gasteiger charge is 2.29. The molecule has 0 aliphatic carbocycles. The van der Waals surface area contributed by atoms with Gasteiger partial charge in [0.1, 0.15) is 6.04 Å². The lowest BCUT2D eigenvalue weighted by Crippen LogP contribution is -2.50. The van der Waals surface area contributed by atoms with Crippen LogP contribution in [-0.4, -0.2) is 52.0 Å². The Kier molecular flexibility index (Phi) is 6.07. The molecular weight excluding hydrogens is 392 g/mol. The molecule has 1 atom stereocenters. The number of nitriles is 1. The van der Waals surface area contributed by atoms with E-state index in [-0.39, 0.29) is 0 Å². The number of piperazine rings is 1. The van der Waals surface area contributed by atoms with E-state index in [4.69, 9.17) is 15.5 Å². The first-order valence-electron chi connectivity index (χ1n) is 10.2. The standard InChI is InChI=1S/C23H24N6O2/c1-16-2-6-19(7-3-16)23-26-20(31-27-23)15-28-10-12-29(13-11-28)21(22(25)30)18-8-4-17(14-24)5-9-18/h2-9,21H,10-13,15H2,1H3,(H2,25,30). The first-order chi connectivity index (χ1) is 15.0. The minimum Gasteiger partial charge on any atom is -0.368 e. The maximum atomic E-state index is 12.2. The summed E-state index contributed by atoms with van der Waals surface area (Å²) in [5.41, 5.74) is 9.17. The molecule has 1 aromatic heterocycles. The van der Waals surface area contributed by atoms with Gasteiger partial charge in [-0.05, 0) is 24.6 Å². The third kappa shape index (κ3) is 4.79. The van der Waals surface area contributed by atoms with Crippen LogP contribution in [0.25, 0.3) is 11.4 Å². The lowest BCUT2D eigenvalue weighted by Gasteiger charge is -2.37. The third-order valence-corrected chi connectivity index (χ3v) is 5.53. The van der Waals surface area contributed by atoms with Crippen LogP contribution in [0.2, 0.25) is 0 Å². The summed E-state index contributed by atoms with van der Waals surface area (Å²) in [7, 11) is 0. The molecule has 1 unspecified atom stereocenters. The second kappa shape index (κ2) is 9.08. The van der Waals surface area contributed by atoms with Gasteiger partial charge in [-0.1, -0.05) is 47.1 Å². The van der Waals surface area contributed by atoms with Gasteiger partial charge in [0, 0.05) is 31.7 Å². The first-order valence-corrected chi connectivity index (χ1v) is 10.2. The topological polar surface area (TPSA) is 112 Å². The molecule has 3 aromatic rings. The second-order valence-corrected chi connectivity index (χ2v) is 7.73. The molecule has 2 N–H and O–H groups in total. The average molecular weight is 416 g/mol. The van der Waals surface area contributed by atoms with Gasteiger partial charge in [-0.2, -0.15) is 10.2 Å². The van der Waals surface area contributed by atoms with E-state index in [1.807, 2.05) is 31.2 Å². The quantitative estimate of drug-likeness (QED) is 0.656. The fourth-order valence-electron chi connectivity index (χ4n) is 3.80. The molecule has 8 nitrogen and oxygen atoms in total. The number of primary amides is 1.